The van der Waals surface area contributed by atoms with Gasteiger partial charge in [0.1, 0.15) is 12.0 Å². The summed E-state index contributed by atoms with van der Waals surface area (Å²) >= 11 is 0. The van der Waals surface area contributed by atoms with Crippen molar-refractivity contribution >= 4 is 17.5 Å². The van der Waals surface area contributed by atoms with Gasteiger partial charge in [-0.3, -0.25) is 9.59 Å². The van der Waals surface area contributed by atoms with E-state index in [4.69, 9.17) is 0 Å². The second-order valence-corrected chi connectivity index (χ2v) is 5.66. The molecule has 1 unspecified atom stereocenters. The first-order valence-corrected chi connectivity index (χ1v) is 7.62. The van der Waals surface area contributed by atoms with Crippen LogP contribution in [0.25, 0.3) is 0 Å². The molecule has 2 aromatic carbocycles. The second-order valence-electron chi connectivity index (χ2n) is 5.66. The number of anilines is 1. The monoisotopic (exact) mass is 327 g/mol. The van der Waals surface area contributed by atoms with Crippen molar-refractivity contribution in [3.63, 3.8) is 0 Å². The van der Waals surface area contributed by atoms with E-state index in [0.29, 0.717) is 11.3 Å². The zero-order chi connectivity index (χ0) is 17.3. The van der Waals surface area contributed by atoms with Gasteiger partial charge < -0.3 is 15.1 Å². The molecule has 1 aliphatic rings. The van der Waals surface area contributed by atoms with Crippen molar-refractivity contribution in [1.29, 1.82) is 0 Å². The number of para-hydroxylation sites is 1. The van der Waals surface area contributed by atoms with Gasteiger partial charge in [-0.15, -0.1) is 0 Å². The summed E-state index contributed by atoms with van der Waals surface area (Å²) in [4.78, 5) is 28.1. The maximum Gasteiger partial charge on any atom is 0.257 e. The molecule has 24 heavy (non-hydrogen) atoms. The number of carbonyl (C=O) groups excluding carboxylic acids is 2. The fraction of sp³-hybridized carbons (Fsp3) is 0.222. The van der Waals surface area contributed by atoms with Crippen LogP contribution < -0.4 is 10.2 Å². The first-order chi connectivity index (χ1) is 11.5. The van der Waals surface area contributed by atoms with E-state index in [-0.39, 0.29) is 24.2 Å². The lowest BCUT2D eigenvalue weighted by atomic mass is 10.0. The van der Waals surface area contributed by atoms with E-state index in [1.54, 1.807) is 43.3 Å². The lowest BCUT2D eigenvalue weighted by molar-refractivity contribution is -0.119. The summed E-state index contributed by atoms with van der Waals surface area (Å²) in [5, 5.41) is 2.61. The lowest BCUT2D eigenvalue weighted by Gasteiger charge is -2.43. The van der Waals surface area contributed by atoms with Gasteiger partial charge in [0.05, 0.1) is 17.8 Å². The molecule has 0 bridgehead atoms. The fourth-order valence-corrected chi connectivity index (χ4v) is 2.99. The standard InChI is InChI=1S/C18H18FN3O2/c1-20-16(23)11-22-15-6-4-3-5-14(15)18(24)21(2)17(22)12-7-9-13(19)10-8-12/h3-10,17H,11H2,1-2H3,(H,20,23). The summed E-state index contributed by atoms with van der Waals surface area (Å²) in [5.41, 5.74) is 1.98. The number of benzene rings is 2. The number of hydrogen-bond donors (Lipinski definition) is 1. The van der Waals surface area contributed by atoms with Gasteiger partial charge in [0, 0.05) is 14.1 Å². The Labute approximate surface area is 139 Å². The smallest absolute Gasteiger partial charge is 0.257 e. The molecule has 1 aliphatic heterocycles. The number of amides is 2. The Bertz CT molecular complexity index is 776. The number of fused-ring (bicyclic) bond motifs is 1. The Hall–Kier alpha value is -2.89. The van der Waals surface area contributed by atoms with Gasteiger partial charge in [-0.05, 0) is 29.8 Å². The van der Waals surface area contributed by atoms with Gasteiger partial charge in [-0.25, -0.2) is 4.39 Å². The van der Waals surface area contributed by atoms with E-state index < -0.39 is 6.17 Å². The number of hydrogen-bond acceptors (Lipinski definition) is 3. The molecule has 5 nitrogen and oxygen atoms in total. The largest absolute Gasteiger partial charge is 0.358 e. The van der Waals surface area contributed by atoms with E-state index in [9.17, 15) is 14.0 Å². The van der Waals surface area contributed by atoms with Gasteiger partial charge >= 0.3 is 0 Å². The maximum atomic E-state index is 13.3. The molecule has 1 atom stereocenters. The van der Waals surface area contributed by atoms with E-state index in [1.807, 2.05) is 17.0 Å². The Balaban J connectivity index is 2.12. The molecular formula is C18H18FN3O2. The molecule has 2 amide bonds. The van der Waals surface area contributed by atoms with Gasteiger partial charge in [0.15, 0.2) is 0 Å². The predicted octanol–water partition coefficient (Wildman–Crippen LogP) is 2.16. The van der Waals surface area contributed by atoms with Crippen molar-refractivity contribution < 1.29 is 14.0 Å². The second kappa shape index (κ2) is 6.31. The summed E-state index contributed by atoms with van der Waals surface area (Å²) in [7, 11) is 3.25. The highest BCUT2D eigenvalue weighted by atomic mass is 19.1. The van der Waals surface area contributed by atoms with Crippen LogP contribution in [0, 0.1) is 5.82 Å². The predicted molar refractivity (Wildman–Crippen MR) is 89.1 cm³/mol. The first-order valence-electron chi connectivity index (χ1n) is 7.62. The van der Waals surface area contributed by atoms with Crippen LogP contribution in [0.15, 0.2) is 48.5 Å². The third-order valence-electron chi connectivity index (χ3n) is 4.19. The van der Waals surface area contributed by atoms with Crippen LogP contribution in [0.2, 0.25) is 0 Å². The van der Waals surface area contributed by atoms with Crippen molar-refractivity contribution in [1.82, 2.24) is 10.2 Å². The summed E-state index contributed by atoms with van der Waals surface area (Å²) in [6.07, 6.45) is -0.481. The molecule has 1 heterocycles. The zero-order valence-electron chi connectivity index (χ0n) is 13.5. The van der Waals surface area contributed by atoms with Gasteiger partial charge in [-0.1, -0.05) is 24.3 Å². The molecule has 0 spiro atoms. The molecule has 0 saturated heterocycles. The lowest BCUT2D eigenvalue weighted by Crippen LogP contribution is -2.50. The summed E-state index contributed by atoms with van der Waals surface area (Å²) in [6.45, 7) is 0.0905. The molecule has 2 aromatic rings. The number of rotatable bonds is 3. The third-order valence-corrected chi connectivity index (χ3v) is 4.19. The van der Waals surface area contributed by atoms with E-state index in [2.05, 4.69) is 5.32 Å². The minimum Gasteiger partial charge on any atom is -0.358 e. The van der Waals surface area contributed by atoms with Crippen LogP contribution in [-0.2, 0) is 4.79 Å². The molecular weight excluding hydrogens is 309 g/mol. The minimum atomic E-state index is -0.481. The Morgan fingerprint density at radius 3 is 2.50 bits per heavy atom. The van der Waals surface area contributed by atoms with E-state index >= 15 is 0 Å². The molecule has 6 heteroatoms. The number of likely N-dealkylation sites (N-methyl/N-ethyl adjacent to an activating group) is 1. The van der Waals surface area contributed by atoms with Gasteiger partial charge in [-0.2, -0.15) is 0 Å². The highest BCUT2D eigenvalue weighted by molar-refractivity contribution is 6.02. The van der Waals surface area contributed by atoms with E-state index in [0.717, 1.165) is 5.56 Å². The van der Waals surface area contributed by atoms with Gasteiger partial charge in [0.25, 0.3) is 5.91 Å². The highest BCUT2D eigenvalue weighted by Crippen LogP contribution is 2.37. The average molecular weight is 327 g/mol. The van der Waals surface area contributed by atoms with Crippen molar-refractivity contribution in [2.24, 2.45) is 0 Å². The van der Waals surface area contributed by atoms with Crippen LogP contribution >= 0.6 is 0 Å². The van der Waals surface area contributed by atoms with Crippen LogP contribution in [0.3, 0.4) is 0 Å². The number of halogens is 1. The Kier molecular flexibility index (Phi) is 4.20. The molecule has 0 aromatic heterocycles. The summed E-state index contributed by atoms with van der Waals surface area (Å²) < 4.78 is 13.3. The maximum absolute atomic E-state index is 13.3. The Morgan fingerprint density at radius 1 is 1.17 bits per heavy atom. The number of nitrogens with zero attached hydrogens (tertiary/aromatic N) is 2. The quantitative estimate of drug-likeness (QED) is 0.940. The van der Waals surface area contributed by atoms with Crippen LogP contribution in [0.1, 0.15) is 22.1 Å². The SMILES string of the molecule is CNC(=O)CN1c2ccccc2C(=O)N(C)C1c1ccc(F)cc1. The van der Waals surface area contributed by atoms with E-state index in [1.165, 1.54) is 12.1 Å². The van der Waals surface area contributed by atoms with Crippen molar-refractivity contribution in [2.75, 3.05) is 25.5 Å². The highest BCUT2D eigenvalue weighted by Gasteiger charge is 2.36. The fourth-order valence-electron chi connectivity index (χ4n) is 2.99. The molecule has 3 rings (SSSR count). The first kappa shape index (κ1) is 16.0. The van der Waals surface area contributed by atoms with Crippen molar-refractivity contribution in [3.05, 3.63) is 65.5 Å². The third kappa shape index (κ3) is 2.71. The molecule has 124 valence electrons. The zero-order valence-corrected chi connectivity index (χ0v) is 13.5. The van der Waals surface area contributed by atoms with Crippen LogP contribution in [0.4, 0.5) is 10.1 Å². The van der Waals surface area contributed by atoms with Gasteiger partial charge in [0.2, 0.25) is 5.91 Å². The average Bonchev–Trinajstić information content (AvgIpc) is 2.60. The molecule has 1 N–H and O–H groups in total. The van der Waals surface area contributed by atoms with Crippen molar-refractivity contribution in [3.8, 4) is 0 Å². The minimum absolute atomic E-state index is 0.0905. The molecule has 0 fully saturated rings. The Morgan fingerprint density at radius 2 is 1.83 bits per heavy atom. The summed E-state index contributed by atoms with van der Waals surface area (Å²) in [6, 6.07) is 13.2. The number of nitrogens with one attached hydrogen (secondary N) is 1. The molecule has 0 radical (unpaired) electrons. The molecule has 0 aliphatic carbocycles. The van der Waals surface area contributed by atoms with Crippen LogP contribution in [-0.4, -0.2) is 37.4 Å². The topological polar surface area (TPSA) is 52.7 Å². The summed E-state index contributed by atoms with van der Waals surface area (Å²) in [5.74, 6) is -0.644. The normalized spacial score (nSPS) is 16.8. The number of carbonyl (C=O) groups is 2. The molecule has 0 saturated carbocycles. The van der Waals surface area contributed by atoms with Crippen molar-refractivity contribution in [2.45, 2.75) is 6.17 Å². The van der Waals surface area contributed by atoms with Crippen LogP contribution in [0.5, 0.6) is 0 Å².